The standard InChI is InChI=1S/C15H24FN3/c1-10-8-19(9-11(2)18(10)4)15-13(12(3)17)6-5-7-14(15)16/h5-7,10-12H,8-9,17H2,1-4H3/t10?,11?,12-/m0/s1. The van der Waals surface area contributed by atoms with E-state index in [4.69, 9.17) is 5.73 Å². The number of likely N-dealkylation sites (N-methyl/N-ethyl adjacent to an activating group) is 1. The number of para-hydroxylation sites is 1. The highest BCUT2D eigenvalue weighted by atomic mass is 19.1. The lowest BCUT2D eigenvalue weighted by molar-refractivity contribution is 0.169. The van der Waals surface area contributed by atoms with Crippen LogP contribution in [0.25, 0.3) is 0 Å². The Kier molecular flexibility index (Phi) is 4.11. The summed E-state index contributed by atoms with van der Waals surface area (Å²) >= 11 is 0. The minimum Gasteiger partial charge on any atom is -0.366 e. The predicted octanol–water partition coefficient (Wildman–Crippen LogP) is 2.37. The Morgan fingerprint density at radius 3 is 2.37 bits per heavy atom. The summed E-state index contributed by atoms with van der Waals surface area (Å²) in [6.07, 6.45) is 0. The van der Waals surface area contributed by atoms with Crippen molar-refractivity contribution < 1.29 is 4.39 Å². The van der Waals surface area contributed by atoms with E-state index in [0.29, 0.717) is 17.8 Å². The van der Waals surface area contributed by atoms with Gasteiger partial charge in [-0.15, -0.1) is 0 Å². The van der Waals surface area contributed by atoms with E-state index in [9.17, 15) is 4.39 Å². The number of hydrogen-bond donors (Lipinski definition) is 1. The molecule has 0 saturated carbocycles. The van der Waals surface area contributed by atoms with Crippen LogP contribution in [-0.2, 0) is 0 Å². The monoisotopic (exact) mass is 265 g/mol. The summed E-state index contributed by atoms with van der Waals surface area (Å²) in [4.78, 5) is 4.48. The number of halogens is 1. The number of nitrogens with two attached hydrogens (primary N) is 1. The summed E-state index contributed by atoms with van der Waals surface area (Å²) < 4.78 is 14.2. The lowest BCUT2D eigenvalue weighted by Gasteiger charge is -2.44. The largest absolute Gasteiger partial charge is 0.366 e. The molecule has 0 radical (unpaired) electrons. The molecular formula is C15H24FN3. The van der Waals surface area contributed by atoms with Crippen LogP contribution in [0, 0.1) is 5.82 Å². The van der Waals surface area contributed by atoms with Gasteiger partial charge in [0.05, 0.1) is 5.69 Å². The zero-order valence-electron chi connectivity index (χ0n) is 12.2. The van der Waals surface area contributed by atoms with Gasteiger partial charge in [0.1, 0.15) is 5.82 Å². The smallest absolute Gasteiger partial charge is 0.146 e. The quantitative estimate of drug-likeness (QED) is 0.891. The summed E-state index contributed by atoms with van der Waals surface area (Å²) in [5, 5.41) is 0. The molecule has 0 aromatic heterocycles. The molecule has 1 fully saturated rings. The van der Waals surface area contributed by atoms with Crippen molar-refractivity contribution in [3.63, 3.8) is 0 Å². The van der Waals surface area contributed by atoms with E-state index >= 15 is 0 Å². The maximum Gasteiger partial charge on any atom is 0.146 e. The maximum absolute atomic E-state index is 14.2. The number of piperazine rings is 1. The molecule has 1 aliphatic rings. The van der Waals surface area contributed by atoms with Crippen LogP contribution in [0.1, 0.15) is 32.4 Å². The third-order valence-electron chi connectivity index (χ3n) is 4.18. The van der Waals surface area contributed by atoms with Crippen LogP contribution in [0.5, 0.6) is 0 Å². The normalized spacial score (nSPS) is 26.5. The van der Waals surface area contributed by atoms with Gasteiger partial charge in [0, 0.05) is 31.2 Å². The summed E-state index contributed by atoms with van der Waals surface area (Å²) in [5.74, 6) is -0.168. The first-order valence-corrected chi connectivity index (χ1v) is 6.92. The van der Waals surface area contributed by atoms with Gasteiger partial charge in [0.15, 0.2) is 0 Å². The highest BCUT2D eigenvalue weighted by Gasteiger charge is 2.29. The lowest BCUT2D eigenvalue weighted by Crippen LogP contribution is -2.55. The molecule has 19 heavy (non-hydrogen) atoms. The first-order valence-electron chi connectivity index (χ1n) is 6.92. The van der Waals surface area contributed by atoms with E-state index in [1.807, 2.05) is 13.0 Å². The fraction of sp³-hybridized carbons (Fsp3) is 0.600. The summed E-state index contributed by atoms with van der Waals surface area (Å²) in [6.45, 7) is 7.92. The Morgan fingerprint density at radius 2 is 1.84 bits per heavy atom. The Balaban J connectivity index is 2.36. The first kappa shape index (κ1) is 14.3. The molecule has 0 amide bonds. The average molecular weight is 265 g/mol. The second-order valence-corrected chi connectivity index (χ2v) is 5.73. The topological polar surface area (TPSA) is 32.5 Å². The number of anilines is 1. The molecule has 1 aromatic carbocycles. The molecule has 0 bridgehead atoms. The zero-order valence-corrected chi connectivity index (χ0v) is 12.2. The van der Waals surface area contributed by atoms with Crippen LogP contribution in [0.4, 0.5) is 10.1 Å². The highest BCUT2D eigenvalue weighted by Crippen LogP contribution is 2.31. The lowest BCUT2D eigenvalue weighted by atomic mass is 10.0. The molecule has 3 nitrogen and oxygen atoms in total. The molecule has 1 saturated heterocycles. The fourth-order valence-corrected chi connectivity index (χ4v) is 2.82. The third kappa shape index (κ3) is 2.74. The van der Waals surface area contributed by atoms with Gasteiger partial charge in [0.2, 0.25) is 0 Å². The molecule has 1 aromatic rings. The molecule has 106 valence electrons. The summed E-state index contributed by atoms with van der Waals surface area (Å²) in [7, 11) is 2.13. The summed E-state index contributed by atoms with van der Waals surface area (Å²) in [6, 6.07) is 5.84. The van der Waals surface area contributed by atoms with Crippen molar-refractivity contribution >= 4 is 5.69 Å². The third-order valence-corrected chi connectivity index (χ3v) is 4.18. The molecule has 3 atom stereocenters. The second-order valence-electron chi connectivity index (χ2n) is 5.73. The van der Waals surface area contributed by atoms with Crippen molar-refractivity contribution in [2.75, 3.05) is 25.0 Å². The SMILES string of the molecule is CC1CN(c2c(F)cccc2[C@H](C)N)CC(C)N1C. The van der Waals surface area contributed by atoms with Crippen molar-refractivity contribution in [3.8, 4) is 0 Å². The molecule has 2 N–H and O–H groups in total. The van der Waals surface area contributed by atoms with Gasteiger partial charge in [-0.05, 0) is 39.4 Å². The average Bonchev–Trinajstić information content (AvgIpc) is 2.35. The Hall–Kier alpha value is -1.13. The second kappa shape index (κ2) is 5.47. The van der Waals surface area contributed by atoms with E-state index in [1.165, 1.54) is 6.07 Å². The highest BCUT2D eigenvalue weighted by molar-refractivity contribution is 5.56. The van der Waals surface area contributed by atoms with E-state index in [1.54, 1.807) is 6.07 Å². The fourth-order valence-electron chi connectivity index (χ4n) is 2.82. The van der Waals surface area contributed by atoms with Crippen molar-refractivity contribution in [3.05, 3.63) is 29.6 Å². The van der Waals surface area contributed by atoms with Gasteiger partial charge in [-0.25, -0.2) is 4.39 Å². The van der Waals surface area contributed by atoms with Gasteiger partial charge < -0.3 is 10.6 Å². The van der Waals surface area contributed by atoms with Gasteiger partial charge in [-0.1, -0.05) is 12.1 Å². The molecule has 2 rings (SSSR count). The van der Waals surface area contributed by atoms with Crippen molar-refractivity contribution in [1.29, 1.82) is 0 Å². The van der Waals surface area contributed by atoms with E-state index in [2.05, 4.69) is 30.7 Å². The minimum atomic E-state index is -0.168. The molecular weight excluding hydrogens is 241 g/mol. The maximum atomic E-state index is 14.2. The predicted molar refractivity (Wildman–Crippen MR) is 77.9 cm³/mol. The molecule has 0 spiro atoms. The van der Waals surface area contributed by atoms with Crippen LogP contribution in [0.2, 0.25) is 0 Å². The Morgan fingerprint density at radius 1 is 1.26 bits per heavy atom. The molecule has 1 aliphatic heterocycles. The van der Waals surface area contributed by atoms with E-state index in [-0.39, 0.29) is 11.9 Å². The van der Waals surface area contributed by atoms with Crippen molar-refractivity contribution in [2.24, 2.45) is 5.73 Å². The number of nitrogens with zero attached hydrogens (tertiary/aromatic N) is 2. The number of hydrogen-bond acceptors (Lipinski definition) is 3. The Labute approximate surface area is 115 Å². The van der Waals surface area contributed by atoms with Crippen LogP contribution >= 0.6 is 0 Å². The van der Waals surface area contributed by atoms with Crippen LogP contribution in [0.3, 0.4) is 0 Å². The molecule has 0 aliphatic carbocycles. The molecule has 1 heterocycles. The first-order chi connectivity index (χ1) is 8.91. The Bertz CT molecular complexity index is 435. The molecule has 2 unspecified atom stereocenters. The minimum absolute atomic E-state index is 0.157. The van der Waals surface area contributed by atoms with Crippen LogP contribution in [-0.4, -0.2) is 37.1 Å². The molecule has 4 heteroatoms. The van der Waals surface area contributed by atoms with Crippen LogP contribution < -0.4 is 10.6 Å². The van der Waals surface area contributed by atoms with E-state index < -0.39 is 0 Å². The zero-order chi connectivity index (χ0) is 14.2. The van der Waals surface area contributed by atoms with Crippen molar-refractivity contribution in [2.45, 2.75) is 38.9 Å². The summed E-state index contributed by atoms with van der Waals surface area (Å²) in [5.41, 5.74) is 7.56. The number of benzene rings is 1. The van der Waals surface area contributed by atoms with Crippen molar-refractivity contribution in [1.82, 2.24) is 4.90 Å². The van der Waals surface area contributed by atoms with Gasteiger partial charge in [-0.2, -0.15) is 0 Å². The van der Waals surface area contributed by atoms with Crippen LogP contribution in [0.15, 0.2) is 18.2 Å². The van der Waals surface area contributed by atoms with Gasteiger partial charge >= 0.3 is 0 Å². The van der Waals surface area contributed by atoms with Gasteiger partial charge in [0.25, 0.3) is 0 Å². The van der Waals surface area contributed by atoms with Gasteiger partial charge in [-0.3, -0.25) is 4.90 Å². The number of rotatable bonds is 2. The van der Waals surface area contributed by atoms with E-state index in [0.717, 1.165) is 18.7 Å².